The van der Waals surface area contributed by atoms with Gasteiger partial charge < -0.3 is 15.8 Å². The van der Waals surface area contributed by atoms with Crippen LogP contribution in [0.4, 0.5) is 5.00 Å². The van der Waals surface area contributed by atoms with E-state index in [1.807, 2.05) is 0 Å². The molecule has 2 heterocycles. The van der Waals surface area contributed by atoms with E-state index in [0.29, 0.717) is 11.5 Å². The molecule has 0 aliphatic carbocycles. The maximum absolute atomic E-state index is 11.6. The quantitative estimate of drug-likeness (QED) is 0.759. The second-order valence-electron chi connectivity index (χ2n) is 3.33. The number of nitrogens with one attached hydrogen (secondary N) is 1. The van der Waals surface area contributed by atoms with Gasteiger partial charge in [-0.3, -0.25) is 4.79 Å². The maximum Gasteiger partial charge on any atom is 0.254 e. The predicted octanol–water partition coefficient (Wildman–Crippen LogP) is -0.0171. The summed E-state index contributed by atoms with van der Waals surface area (Å²) < 4.78 is 9.10. The number of amides is 1. The fraction of sp³-hybridized carbons (Fsp3) is 0.625. The third-order valence-corrected chi connectivity index (χ3v) is 2.85. The SMILES string of the molecule is NCC1CCC(C(=O)Nc2cnns2)O1. The molecule has 7 heteroatoms. The van der Waals surface area contributed by atoms with E-state index < -0.39 is 0 Å². The van der Waals surface area contributed by atoms with Crippen LogP contribution in [0.1, 0.15) is 12.8 Å². The first kappa shape index (κ1) is 10.5. The Morgan fingerprint density at radius 3 is 3.20 bits per heavy atom. The molecule has 1 amide bonds. The lowest BCUT2D eigenvalue weighted by atomic mass is 10.2. The summed E-state index contributed by atoms with van der Waals surface area (Å²) in [6.07, 6.45) is 2.70. The van der Waals surface area contributed by atoms with E-state index in [1.165, 1.54) is 6.20 Å². The molecule has 1 aromatic rings. The van der Waals surface area contributed by atoms with E-state index in [1.54, 1.807) is 0 Å². The summed E-state index contributed by atoms with van der Waals surface area (Å²) in [5, 5.41) is 6.96. The molecule has 2 atom stereocenters. The molecule has 82 valence electrons. The maximum atomic E-state index is 11.6. The van der Waals surface area contributed by atoms with Crippen LogP contribution in [-0.2, 0) is 9.53 Å². The number of anilines is 1. The monoisotopic (exact) mass is 228 g/mol. The van der Waals surface area contributed by atoms with Crippen LogP contribution >= 0.6 is 11.5 Å². The van der Waals surface area contributed by atoms with Crippen LogP contribution in [0, 0.1) is 0 Å². The highest BCUT2D eigenvalue weighted by molar-refractivity contribution is 7.10. The fourth-order valence-corrected chi connectivity index (χ4v) is 1.92. The molecule has 0 aromatic carbocycles. The minimum Gasteiger partial charge on any atom is -0.364 e. The zero-order valence-corrected chi connectivity index (χ0v) is 8.87. The van der Waals surface area contributed by atoms with Crippen molar-refractivity contribution in [1.29, 1.82) is 0 Å². The van der Waals surface area contributed by atoms with Gasteiger partial charge >= 0.3 is 0 Å². The molecule has 0 radical (unpaired) electrons. The minimum absolute atomic E-state index is 0.0142. The van der Waals surface area contributed by atoms with E-state index in [-0.39, 0.29) is 18.1 Å². The highest BCUT2D eigenvalue weighted by atomic mass is 32.1. The Balaban J connectivity index is 1.87. The van der Waals surface area contributed by atoms with Gasteiger partial charge in [-0.15, -0.1) is 5.10 Å². The Kier molecular flexibility index (Phi) is 3.24. The van der Waals surface area contributed by atoms with Gasteiger partial charge in [0.1, 0.15) is 11.1 Å². The molecule has 0 saturated carbocycles. The third-order valence-electron chi connectivity index (χ3n) is 2.27. The molecule has 0 bridgehead atoms. The van der Waals surface area contributed by atoms with Crippen molar-refractivity contribution in [2.24, 2.45) is 5.73 Å². The van der Waals surface area contributed by atoms with Crippen LogP contribution in [0.25, 0.3) is 0 Å². The molecule has 1 fully saturated rings. The van der Waals surface area contributed by atoms with Gasteiger partial charge in [0, 0.05) is 18.1 Å². The van der Waals surface area contributed by atoms with Crippen molar-refractivity contribution < 1.29 is 9.53 Å². The molecule has 0 spiro atoms. The minimum atomic E-state index is -0.388. The van der Waals surface area contributed by atoms with Crippen molar-refractivity contribution in [1.82, 2.24) is 9.59 Å². The molecule has 6 nitrogen and oxygen atoms in total. The van der Waals surface area contributed by atoms with Crippen LogP contribution in [0.15, 0.2) is 6.20 Å². The summed E-state index contributed by atoms with van der Waals surface area (Å²) in [6, 6.07) is 0. The Hall–Kier alpha value is -1.05. The number of hydrogen-bond acceptors (Lipinski definition) is 6. The first-order valence-corrected chi connectivity index (χ1v) is 5.50. The summed E-state index contributed by atoms with van der Waals surface area (Å²) in [5.41, 5.74) is 5.46. The van der Waals surface area contributed by atoms with Crippen LogP contribution in [0.3, 0.4) is 0 Å². The summed E-state index contributed by atoms with van der Waals surface area (Å²) in [5.74, 6) is -0.142. The molecule has 1 saturated heterocycles. The van der Waals surface area contributed by atoms with Crippen LogP contribution in [0.2, 0.25) is 0 Å². The van der Waals surface area contributed by atoms with E-state index in [4.69, 9.17) is 10.5 Å². The number of nitrogens with zero attached hydrogens (tertiary/aromatic N) is 2. The highest BCUT2D eigenvalue weighted by Gasteiger charge is 2.29. The van der Waals surface area contributed by atoms with Gasteiger partial charge in [0.05, 0.1) is 12.3 Å². The number of hydrogen-bond donors (Lipinski definition) is 2. The Morgan fingerprint density at radius 1 is 1.73 bits per heavy atom. The van der Waals surface area contributed by atoms with E-state index in [9.17, 15) is 4.79 Å². The lowest BCUT2D eigenvalue weighted by molar-refractivity contribution is -0.126. The molecule has 2 unspecified atom stereocenters. The Labute approximate surface area is 91.0 Å². The Bertz CT molecular complexity index is 329. The predicted molar refractivity (Wildman–Crippen MR) is 55.5 cm³/mol. The normalized spacial score (nSPS) is 25.4. The second-order valence-corrected chi connectivity index (χ2v) is 4.12. The zero-order valence-electron chi connectivity index (χ0n) is 8.05. The smallest absolute Gasteiger partial charge is 0.254 e. The van der Waals surface area contributed by atoms with Gasteiger partial charge in [0.2, 0.25) is 0 Å². The number of ether oxygens (including phenoxy) is 1. The second kappa shape index (κ2) is 4.65. The molecule has 15 heavy (non-hydrogen) atoms. The molecule has 2 rings (SSSR count). The molecular weight excluding hydrogens is 216 g/mol. The van der Waals surface area contributed by atoms with E-state index in [0.717, 1.165) is 24.4 Å². The summed E-state index contributed by atoms with van der Waals surface area (Å²) >= 11 is 1.14. The van der Waals surface area contributed by atoms with Crippen molar-refractivity contribution in [3.63, 3.8) is 0 Å². The average molecular weight is 228 g/mol. The molecule has 3 N–H and O–H groups in total. The van der Waals surface area contributed by atoms with Gasteiger partial charge in [-0.05, 0) is 12.8 Å². The standard InChI is InChI=1S/C8H12N4O2S/c9-3-5-1-2-6(14-5)8(13)11-7-4-10-12-15-7/h4-6H,1-3,9H2,(H,11,13). The number of nitrogens with two attached hydrogens (primary N) is 1. The van der Waals surface area contributed by atoms with Gasteiger partial charge in [-0.2, -0.15) is 0 Å². The lowest BCUT2D eigenvalue weighted by Gasteiger charge is -2.10. The molecule has 1 aliphatic rings. The van der Waals surface area contributed by atoms with Gasteiger partial charge in [-0.1, -0.05) is 4.49 Å². The molecule has 1 aliphatic heterocycles. The van der Waals surface area contributed by atoms with Crippen molar-refractivity contribution in [3.05, 3.63) is 6.20 Å². The van der Waals surface area contributed by atoms with Gasteiger partial charge in [-0.25, -0.2) is 0 Å². The van der Waals surface area contributed by atoms with Crippen molar-refractivity contribution in [2.45, 2.75) is 25.0 Å². The van der Waals surface area contributed by atoms with Crippen molar-refractivity contribution in [2.75, 3.05) is 11.9 Å². The lowest BCUT2D eigenvalue weighted by Crippen LogP contribution is -2.29. The Morgan fingerprint density at radius 2 is 2.60 bits per heavy atom. The zero-order chi connectivity index (χ0) is 10.7. The molecular formula is C8H12N4O2S. The van der Waals surface area contributed by atoms with Crippen LogP contribution in [-0.4, -0.2) is 34.2 Å². The van der Waals surface area contributed by atoms with Gasteiger partial charge in [0.25, 0.3) is 5.91 Å². The van der Waals surface area contributed by atoms with Crippen LogP contribution < -0.4 is 11.1 Å². The van der Waals surface area contributed by atoms with Crippen molar-refractivity contribution >= 4 is 22.4 Å². The van der Waals surface area contributed by atoms with E-state index >= 15 is 0 Å². The first-order chi connectivity index (χ1) is 7.29. The van der Waals surface area contributed by atoms with Crippen LogP contribution in [0.5, 0.6) is 0 Å². The number of carbonyl (C=O) groups is 1. The first-order valence-electron chi connectivity index (χ1n) is 4.73. The van der Waals surface area contributed by atoms with Gasteiger partial charge in [0.15, 0.2) is 0 Å². The number of rotatable bonds is 3. The summed E-state index contributed by atoms with van der Waals surface area (Å²) in [6.45, 7) is 0.464. The number of carbonyl (C=O) groups excluding carboxylic acids is 1. The average Bonchev–Trinajstić information content (AvgIpc) is 2.86. The summed E-state index contributed by atoms with van der Waals surface area (Å²) in [4.78, 5) is 11.6. The van der Waals surface area contributed by atoms with Crippen molar-refractivity contribution in [3.8, 4) is 0 Å². The topological polar surface area (TPSA) is 90.1 Å². The summed E-state index contributed by atoms with van der Waals surface area (Å²) in [7, 11) is 0. The largest absolute Gasteiger partial charge is 0.364 e. The third kappa shape index (κ3) is 2.49. The fourth-order valence-electron chi connectivity index (χ4n) is 1.50. The highest BCUT2D eigenvalue weighted by Crippen LogP contribution is 2.20. The number of aromatic nitrogens is 2. The molecule has 1 aromatic heterocycles. The van der Waals surface area contributed by atoms with E-state index in [2.05, 4.69) is 14.9 Å².